The molecule has 4 nitrogen and oxygen atoms in total. The van der Waals surface area contributed by atoms with Crippen molar-refractivity contribution in [2.75, 3.05) is 33.5 Å². The summed E-state index contributed by atoms with van der Waals surface area (Å²) in [6.45, 7) is 3.62. The molecule has 0 aliphatic carbocycles. The fourth-order valence-corrected chi connectivity index (χ4v) is 1.64. The zero-order valence-corrected chi connectivity index (χ0v) is 11.4. The Balaban J connectivity index is 2.05. The van der Waals surface area contributed by atoms with Crippen LogP contribution in [0.3, 0.4) is 0 Å². The number of nitrogens with one attached hydrogen (secondary N) is 1. The minimum absolute atomic E-state index is 0.118. The first-order valence-electron chi connectivity index (χ1n) is 5.99. The Kier molecular flexibility index (Phi) is 7.76. The van der Waals surface area contributed by atoms with Crippen molar-refractivity contribution in [2.24, 2.45) is 0 Å². The number of phenolic OH excluding ortho intramolecular Hbond substituents is 1. The van der Waals surface area contributed by atoms with Crippen molar-refractivity contribution in [2.45, 2.75) is 13.0 Å². The quantitative estimate of drug-likeness (QED) is 0.677. The lowest BCUT2D eigenvalue weighted by Crippen LogP contribution is -2.16. The first-order chi connectivity index (χ1) is 8.74. The highest BCUT2D eigenvalue weighted by Crippen LogP contribution is 2.23. The number of hydrogen-bond donors (Lipinski definition) is 2. The van der Waals surface area contributed by atoms with Crippen molar-refractivity contribution >= 4 is 11.6 Å². The highest BCUT2D eigenvalue weighted by Gasteiger charge is 1.99. The molecule has 1 rings (SSSR count). The van der Waals surface area contributed by atoms with Gasteiger partial charge in [-0.1, -0.05) is 17.7 Å². The van der Waals surface area contributed by atoms with Crippen LogP contribution in [0.15, 0.2) is 18.2 Å². The molecule has 102 valence electrons. The third kappa shape index (κ3) is 6.21. The van der Waals surface area contributed by atoms with Crippen LogP contribution in [0.1, 0.15) is 12.0 Å². The van der Waals surface area contributed by atoms with Crippen molar-refractivity contribution in [1.29, 1.82) is 0 Å². The van der Waals surface area contributed by atoms with Crippen molar-refractivity contribution in [3.8, 4) is 5.75 Å². The smallest absolute Gasteiger partial charge is 0.134 e. The van der Waals surface area contributed by atoms with Gasteiger partial charge in [0.1, 0.15) is 5.75 Å². The lowest BCUT2D eigenvalue weighted by atomic mass is 10.2. The maximum Gasteiger partial charge on any atom is 0.134 e. The highest BCUT2D eigenvalue weighted by atomic mass is 35.5. The summed E-state index contributed by atoms with van der Waals surface area (Å²) >= 11 is 5.82. The van der Waals surface area contributed by atoms with Crippen molar-refractivity contribution in [3.63, 3.8) is 0 Å². The van der Waals surface area contributed by atoms with E-state index in [1.807, 2.05) is 6.07 Å². The molecule has 0 amide bonds. The molecule has 0 unspecified atom stereocenters. The summed E-state index contributed by atoms with van der Waals surface area (Å²) in [6, 6.07) is 5.22. The summed E-state index contributed by atoms with van der Waals surface area (Å²) in [4.78, 5) is 0. The molecule has 0 radical (unpaired) electrons. The molecule has 0 aliphatic heterocycles. The molecule has 0 bridgehead atoms. The van der Waals surface area contributed by atoms with E-state index in [2.05, 4.69) is 5.32 Å². The van der Waals surface area contributed by atoms with E-state index in [0.717, 1.165) is 31.7 Å². The molecule has 0 aliphatic rings. The predicted octanol–water partition coefficient (Wildman–Crippen LogP) is 2.19. The monoisotopic (exact) mass is 273 g/mol. The number of hydrogen-bond acceptors (Lipinski definition) is 4. The molecule has 1 aromatic carbocycles. The fraction of sp³-hybridized carbons (Fsp3) is 0.538. The summed E-state index contributed by atoms with van der Waals surface area (Å²) < 4.78 is 10.2. The second-order valence-corrected chi connectivity index (χ2v) is 4.33. The first-order valence-corrected chi connectivity index (χ1v) is 6.36. The Morgan fingerprint density at radius 2 is 2.11 bits per heavy atom. The van der Waals surface area contributed by atoms with Gasteiger partial charge in [-0.2, -0.15) is 0 Å². The van der Waals surface area contributed by atoms with Crippen LogP contribution >= 0.6 is 11.6 Å². The maximum atomic E-state index is 9.28. The summed E-state index contributed by atoms with van der Waals surface area (Å²) in [7, 11) is 1.66. The van der Waals surface area contributed by atoms with Crippen LogP contribution in [-0.4, -0.2) is 38.6 Å². The van der Waals surface area contributed by atoms with E-state index < -0.39 is 0 Å². The topological polar surface area (TPSA) is 50.7 Å². The third-order valence-corrected chi connectivity index (χ3v) is 2.72. The minimum atomic E-state index is 0.118. The van der Waals surface area contributed by atoms with Gasteiger partial charge in [-0.15, -0.1) is 0 Å². The molecule has 0 saturated carbocycles. The Morgan fingerprint density at radius 3 is 2.83 bits per heavy atom. The number of ether oxygens (including phenoxy) is 2. The van der Waals surface area contributed by atoms with Crippen LogP contribution in [0.4, 0.5) is 0 Å². The van der Waals surface area contributed by atoms with Crippen molar-refractivity contribution in [1.82, 2.24) is 5.32 Å². The highest BCUT2D eigenvalue weighted by molar-refractivity contribution is 6.32. The van der Waals surface area contributed by atoms with Gasteiger partial charge in [0.05, 0.1) is 18.2 Å². The SMILES string of the molecule is COCCOCCCNCc1ccc(O)c(Cl)c1. The normalized spacial score (nSPS) is 10.8. The number of methoxy groups -OCH3 is 1. The number of halogens is 1. The van der Waals surface area contributed by atoms with Crippen LogP contribution in [0, 0.1) is 0 Å². The third-order valence-electron chi connectivity index (χ3n) is 2.42. The van der Waals surface area contributed by atoms with E-state index in [1.165, 1.54) is 0 Å². The Hall–Kier alpha value is -0.810. The van der Waals surface area contributed by atoms with Gasteiger partial charge in [0, 0.05) is 20.3 Å². The molecular weight excluding hydrogens is 254 g/mol. The molecule has 0 fully saturated rings. The molecular formula is C13H20ClNO3. The lowest BCUT2D eigenvalue weighted by Gasteiger charge is -2.06. The molecule has 2 N–H and O–H groups in total. The summed E-state index contributed by atoms with van der Waals surface area (Å²) in [5.41, 5.74) is 1.05. The van der Waals surface area contributed by atoms with Gasteiger partial charge in [-0.3, -0.25) is 0 Å². The van der Waals surface area contributed by atoms with Gasteiger partial charge in [0.15, 0.2) is 0 Å². The van der Waals surface area contributed by atoms with E-state index in [1.54, 1.807) is 19.2 Å². The Labute approximate surface area is 113 Å². The van der Waals surface area contributed by atoms with Crippen molar-refractivity contribution < 1.29 is 14.6 Å². The van der Waals surface area contributed by atoms with E-state index in [0.29, 0.717) is 18.2 Å². The molecule has 0 saturated heterocycles. The van der Waals surface area contributed by atoms with Crippen LogP contribution in [0.2, 0.25) is 5.02 Å². The molecule has 0 heterocycles. The maximum absolute atomic E-state index is 9.28. The Bertz CT molecular complexity index is 347. The van der Waals surface area contributed by atoms with Gasteiger partial charge in [-0.05, 0) is 30.7 Å². The fourth-order valence-electron chi connectivity index (χ4n) is 1.44. The second-order valence-electron chi connectivity index (χ2n) is 3.92. The number of phenols is 1. The van der Waals surface area contributed by atoms with E-state index in [-0.39, 0.29) is 5.75 Å². The first kappa shape index (κ1) is 15.2. The number of rotatable bonds is 9. The van der Waals surface area contributed by atoms with Gasteiger partial charge < -0.3 is 19.9 Å². The van der Waals surface area contributed by atoms with Crippen LogP contribution in [-0.2, 0) is 16.0 Å². The largest absolute Gasteiger partial charge is 0.506 e. The van der Waals surface area contributed by atoms with E-state index in [4.69, 9.17) is 21.1 Å². The van der Waals surface area contributed by atoms with Gasteiger partial charge in [0.25, 0.3) is 0 Å². The molecule has 0 spiro atoms. The molecule has 1 aromatic rings. The lowest BCUT2D eigenvalue weighted by molar-refractivity contribution is 0.0695. The van der Waals surface area contributed by atoms with Crippen molar-refractivity contribution in [3.05, 3.63) is 28.8 Å². The molecule has 5 heteroatoms. The van der Waals surface area contributed by atoms with Gasteiger partial charge >= 0.3 is 0 Å². The molecule has 18 heavy (non-hydrogen) atoms. The van der Waals surface area contributed by atoms with Crippen LogP contribution in [0.5, 0.6) is 5.75 Å². The van der Waals surface area contributed by atoms with E-state index in [9.17, 15) is 5.11 Å². The van der Waals surface area contributed by atoms with Crippen LogP contribution in [0.25, 0.3) is 0 Å². The summed E-state index contributed by atoms with van der Waals surface area (Å²) in [6.07, 6.45) is 0.954. The number of benzene rings is 1. The van der Waals surface area contributed by atoms with Crippen LogP contribution < -0.4 is 5.32 Å². The minimum Gasteiger partial charge on any atom is -0.506 e. The summed E-state index contributed by atoms with van der Waals surface area (Å²) in [5, 5.41) is 13.0. The average Bonchev–Trinajstić information content (AvgIpc) is 2.37. The zero-order valence-electron chi connectivity index (χ0n) is 10.6. The standard InChI is InChI=1S/C13H20ClNO3/c1-17-7-8-18-6-2-5-15-10-11-3-4-13(16)12(14)9-11/h3-4,9,15-16H,2,5-8,10H2,1H3. The molecule has 0 atom stereocenters. The average molecular weight is 274 g/mol. The predicted molar refractivity (Wildman–Crippen MR) is 72.1 cm³/mol. The van der Waals surface area contributed by atoms with Gasteiger partial charge in [0.2, 0.25) is 0 Å². The van der Waals surface area contributed by atoms with Gasteiger partial charge in [-0.25, -0.2) is 0 Å². The second kappa shape index (κ2) is 9.16. The summed E-state index contributed by atoms with van der Waals surface area (Å²) in [5.74, 6) is 0.118. The number of aromatic hydroxyl groups is 1. The van der Waals surface area contributed by atoms with E-state index >= 15 is 0 Å². The Morgan fingerprint density at radius 1 is 1.28 bits per heavy atom. The zero-order chi connectivity index (χ0) is 13.2. The molecule has 0 aromatic heterocycles.